The third-order valence-corrected chi connectivity index (χ3v) is 3.35. The van der Waals surface area contributed by atoms with E-state index >= 15 is 0 Å². The first-order valence-corrected chi connectivity index (χ1v) is 7.40. The normalized spacial score (nSPS) is 10.2. The minimum atomic E-state index is -1.01. The number of methoxy groups -OCH3 is 1. The Labute approximate surface area is 135 Å². The fourth-order valence-corrected chi connectivity index (χ4v) is 2.05. The van der Waals surface area contributed by atoms with E-state index in [2.05, 4.69) is 6.92 Å². The van der Waals surface area contributed by atoms with Gasteiger partial charge in [-0.15, -0.1) is 0 Å². The third kappa shape index (κ3) is 4.64. The molecule has 5 nitrogen and oxygen atoms in total. The minimum absolute atomic E-state index is 0.154. The zero-order chi connectivity index (χ0) is 16.7. The largest absolute Gasteiger partial charge is 0.493 e. The average Bonchev–Trinajstić information content (AvgIpc) is 2.59. The topological polar surface area (TPSA) is 65.0 Å². The van der Waals surface area contributed by atoms with Crippen molar-refractivity contribution < 1.29 is 24.1 Å². The van der Waals surface area contributed by atoms with Gasteiger partial charge < -0.3 is 19.3 Å². The van der Waals surface area contributed by atoms with Crippen LogP contribution in [0.1, 0.15) is 22.8 Å². The minimum Gasteiger partial charge on any atom is -0.493 e. The fraction of sp³-hybridized carbons (Fsp3) is 0.278. The summed E-state index contributed by atoms with van der Waals surface area (Å²) in [5.74, 6) is 0.660. The Morgan fingerprint density at radius 2 is 1.70 bits per heavy atom. The molecule has 0 bridgehead atoms. The molecule has 122 valence electrons. The molecule has 1 N–H and O–H groups in total. The average molecular weight is 316 g/mol. The molecule has 0 aliphatic heterocycles. The van der Waals surface area contributed by atoms with Crippen molar-refractivity contribution in [2.24, 2.45) is 0 Å². The molecule has 23 heavy (non-hydrogen) atoms. The summed E-state index contributed by atoms with van der Waals surface area (Å²) in [5, 5.41) is 8.96. The van der Waals surface area contributed by atoms with E-state index in [0.717, 1.165) is 12.2 Å². The molecule has 5 heteroatoms. The molecule has 0 saturated carbocycles. The summed E-state index contributed by atoms with van der Waals surface area (Å²) in [6, 6.07) is 12.4. The van der Waals surface area contributed by atoms with Crippen molar-refractivity contribution in [1.82, 2.24) is 0 Å². The number of ether oxygens (including phenoxy) is 3. The lowest BCUT2D eigenvalue weighted by molar-refractivity contribution is 0.0696. The van der Waals surface area contributed by atoms with Crippen molar-refractivity contribution in [2.75, 3.05) is 20.3 Å². The molecule has 0 saturated heterocycles. The second-order valence-electron chi connectivity index (χ2n) is 4.87. The maximum absolute atomic E-state index is 10.9. The van der Waals surface area contributed by atoms with Crippen molar-refractivity contribution in [3.05, 3.63) is 53.6 Å². The second-order valence-corrected chi connectivity index (χ2v) is 4.87. The van der Waals surface area contributed by atoms with E-state index in [-0.39, 0.29) is 5.56 Å². The third-order valence-electron chi connectivity index (χ3n) is 3.35. The number of benzene rings is 2. The highest BCUT2D eigenvalue weighted by Crippen LogP contribution is 2.28. The van der Waals surface area contributed by atoms with Crippen LogP contribution in [0.3, 0.4) is 0 Å². The van der Waals surface area contributed by atoms with Gasteiger partial charge in [0.05, 0.1) is 12.7 Å². The van der Waals surface area contributed by atoms with Gasteiger partial charge in [-0.25, -0.2) is 4.79 Å². The summed E-state index contributed by atoms with van der Waals surface area (Å²) >= 11 is 0. The highest BCUT2D eigenvalue weighted by molar-refractivity contribution is 5.88. The second kappa shape index (κ2) is 8.08. The van der Waals surface area contributed by atoms with Crippen LogP contribution < -0.4 is 14.2 Å². The van der Waals surface area contributed by atoms with E-state index in [0.29, 0.717) is 24.7 Å². The monoisotopic (exact) mass is 316 g/mol. The Kier molecular flexibility index (Phi) is 5.86. The van der Waals surface area contributed by atoms with E-state index < -0.39 is 5.97 Å². The van der Waals surface area contributed by atoms with Gasteiger partial charge in [-0.05, 0) is 42.3 Å². The number of rotatable bonds is 8. The molecular formula is C18H20O5. The Morgan fingerprint density at radius 1 is 1.00 bits per heavy atom. The van der Waals surface area contributed by atoms with Crippen LogP contribution in [-0.4, -0.2) is 31.4 Å². The Hall–Kier alpha value is -2.69. The SMILES string of the molecule is CCc1ccc(OCCOc2ccc(C(=O)O)cc2OC)cc1. The molecule has 0 spiro atoms. The number of hydrogen-bond donors (Lipinski definition) is 1. The predicted molar refractivity (Wildman–Crippen MR) is 86.8 cm³/mol. The molecule has 0 fully saturated rings. The standard InChI is InChI=1S/C18H20O5/c1-3-13-4-7-15(8-5-13)22-10-11-23-16-9-6-14(18(19)20)12-17(16)21-2/h4-9,12H,3,10-11H2,1-2H3,(H,19,20). The number of carboxylic acid groups (broad SMARTS) is 1. The lowest BCUT2D eigenvalue weighted by atomic mass is 10.2. The first kappa shape index (κ1) is 16.7. The maximum Gasteiger partial charge on any atom is 0.335 e. The number of aromatic carboxylic acids is 1. The van der Waals surface area contributed by atoms with Crippen LogP contribution in [0.25, 0.3) is 0 Å². The summed E-state index contributed by atoms with van der Waals surface area (Å²) in [6.45, 7) is 2.82. The summed E-state index contributed by atoms with van der Waals surface area (Å²) in [4.78, 5) is 10.9. The summed E-state index contributed by atoms with van der Waals surface area (Å²) in [6.07, 6.45) is 0.996. The highest BCUT2D eigenvalue weighted by Gasteiger charge is 2.09. The zero-order valence-electron chi connectivity index (χ0n) is 13.2. The van der Waals surface area contributed by atoms with Gasteiger partial charge in [-0.3, -0.25) is 0 Å². The van der Waals surface area contributed by atoms with Crippen molar-refractivity contribution in [1.29, 1.82) is 0 Å². The molecule has 0 radical (unpaired) electrons. The lowest BCUT2D eigenvalue weighted by Crippen LogP contribution is -2.10. The summed E-state index contributed by atoms with van der Waals surface area (Å²) < 4.78 is 16.3. The van der Waals surface area contributed by atoms with Crippen molar-refractivity contribution in [3.8, 4) is 17.2 Å². The van der Waals surface area contributed by atoms with Crippen LogP contribution in [0.5, 0.6) is 17.2 Å². The van der Waals surface area contributed by atoms with E-state index in [1.165, 1.54) is 24.8 Å². The predicted octanol–water partition coefficient (Wildman–Crippen LogP) is 3.41. The summed E-state index contributed by atoms with van der Waals surface area (Å²) in [7, 11) is 1.47. The molecule has 2 rings (SSSR count). The van der Waals surface area contributed by atoms with Crippen LogP contribution in [0.2, 0.25) is 0 Å². The summed E-state index contributed by atoms with van der Waals surface area (Å²) in [5.41, 5.74) is 1.42. The quantitative estimate of drug-likeness (QED) is 0.756. The van der Waals surface area contributed by atoms with Crippen molar-refractivity contribution in [2.45, 2.75) is 13.3 Å². The first-order chi connectivity index (χ1) is 11.1. The van der Waals surface area contributed by atoms with E-state index in [1.54, 1.807) is 6.07 Å². The molecular weight excluding hydrogens is 296 g/mol. The van der Waals surface area contributed by atoms with Gasteiger partial charge in [0.25, 0.3) is 0 Å². The van der Waals surface area contributed by atoms with E-state index in [1.807, 2.05) is 24.3 Å². The molecule has 0 aliphatic carbocycles. The Morgan fingerprint density at radius 3 is 2.30 bits per heavy atom. The van der Waals surface area contributed by atoms with Crippen molar-refractivity contribution in [3.63, 3.8) is 0 Å². The van der Waals surface area contributed by atoms with Gasteiger partial charge in [0.15, 0.2) is 11.5 Å². The number of carbonyl (C=O) groups is 1. The molecule has 0 heterocycles. The molecule has 2 aromatic carbocycles. The zero-order valence-corrected chi connectivity index (χ0v) is 13.2. The molecule has 0 atom stereocenters. The Balaban J connectivity index is 1.86. The van der Waals surface area contributed by atoms with Crippen LogP contribution in [-0.2, 0) is 6.42 Å². The van der Waals surface area contributed by atoms with Crippen LogP contribution >= 0.6 is 0 Å². The van der Waals surface area contributed by atoms with Gasteiger partial charge in [0.1, 0.15) is 19.0 Å². The fourth-order valence-electron chi connectivity index (χ4n) is 2.05. The van der Waals surface area contributed by atoms with Gasteiger partial charge in [-0.1, -0.05) is 19.1 Å². The first-order valence-electron chi connectivity index (χ1n) is 7.40. The number of aryl methyl sites for hydroxylation is 1. The van der Waals surface area contributed by atoms with Crippen LogP contribution in [0.15, 0.2) is 42.5 Å². The smallest absolute Gasteiger partial charge is 0.335 e. The van der Waals surface area contributed by atoms with Gasteiger partial charge in [0, 0.05) is 0 Å². The molecule has 2 aromatic rings. The Bertz CT molecular complexity index is 649. The van der Waals surface area contributed by atoms with E-state index in [4.69, 9.17) is 19.3 Å². The van der Waals surface area contributed by atoms with Crippen LogP contribution in [0, 0.1) is 0 Å². The lowest BCUT2D eigenvalue weighted by Gasteiger charge is -2.12. The van der Waals surface area contributed by atoms with Crippen LogP contribution in [0.4, 0.5) is 0 Å². The van der Waals surface area contributed by atoms with Gasteiger partial charge in [0.2, 0.25) is 0 Å². The number of hydrogen-bond acceptors (Lipinski definition) is 4. The van der Waals surface area contributed by atoms with E-state index in [9.17, 15) is 4.79 Å². The molecule has 0 aromatic heterocycles. The van der Waals surface area contributed by atoms with Gasteiger partial charge in [-0.2, -0.15) is 0 Å². The van der Waals surface area contributed by atoms with Gasteiger partial charge >= 0.3 is 5.97 Å². The molecule has 0 aliphatic rings. The maximum atomic E-state index is 10.9. The number of carboxylic acids is 1. The molecule has 0 amide bonds. The molecule has 0 unspecified atom stereocenters. The van der Waals surface area contributed by atoms with Crippen molar-refractivity contribution >= 4 is 5.97 Å². The highest BCUT2D eigenvalue weighted by atomic mass is 16.5.